The van der Waals surface area contributed by atoms with Gasteiger partial charge in [0.05, 0.1) is 6.61 Å². The molecule has 1 N–H and O–H groups in total. The van der Waals surface area contributed by atoms with Crippen LogP contribution in [0.25, 0.3) is 6.08 Å². The van der Waals surface area contributed by atoms with Crippen LogP contribution in [-0.2, 0) is 14.3 Å². The van der Waals surface area contributed by atoms with Gasteiger partial charge in [-0.2, -0.15) is 0 Å². The number of esters is 1. The maximum absolute atomic E-state index is 11.5. The second-order valence-electron chi connectivity index (χ2n) is 10.5. The third-order valence-corrected chi connectivity index (χ3v) is 6.38. The normalized spacial score (nSPS) is 10.9. The summed E-state index contributed by atoms with van der Waals surface area (Å²) in [4.78, 5) is 21.8. The Kier molecular flexibility index (Phi) is 25.4. The molecule has 0 saturated heterocycles. The second kappa shape index (κ2) is 26.9. The van der Waals surface area contributed by atoms with Crippen molar-refractivity contribution in [3.8, 4) is 0 Å². The van der Waals surface area contributed by atoms with Gasteiger partial charge in [-0.05, 0) is 30.4 Å². The standard InChI is InChI=1S/C19H28O2.C14H28O2/c1-17(2)11-7-4-3-5-10-16-21-19(20)15-14-18-12-8-6-9-13-18;1-2-3-4-5-6-7-8-9-10-11-12-13-14(15)16/h6,8-9,12-15,17H,3-5,7,10-11,16H2,1-2H3;2-13H2,1H3,(H,15,16)/b15-14+;. The van der Waals surface area contributed by atoms with Crippen molar-refractivity contribution in [1.29, 1.82) is 0 Å². The van der Waals surface area contributed by atoms with Crippen molar-refractivity contribution < 1.29 is 19.4 Å². The fourth-order valence-electron chi connectivity index (χ4n) is 4.07. The molecule has 1 aromatic rings. The molecule has 0 aliphatic heterocycles. The van der Waals surface area contributed by atoms with Crippen molar-refractivity contribution >= 4 is 18.0 Å². The topological polar surface area (TPSA) is 63.6 Å². The molecule has 0 heterocycles. The second-order valence-corrected chi connectivity index (χ2v) is 10.5. The van der Waals surface area contributed by atoms with Crippen LogP contribution in [0.2, 0.25) is 0 Å². The summed E-state index contributed by atoms with van der Waals surface area (Å²) >= 11 is 0. The van der Waals surface area contributed by atoms with Crippen molar-refractivity contribution in [3.05, 3.63) is 42.0 Å². The zero-order chi connectivity index (χ0) is 27.4. The van der Waals surface area contributed by atoms with Gasteiger partial charge >= 0.3 is 11.9 Å². The van der Waals surface area contributed by atoms with E-state index in [4.69, 9.17) is 9.84 Å². The first kappa shape index (κ1) is 34.9. The minimum Gasteiger partial charge on any atom is -0.481 e. The SMILES string of the molecule is CC(C)CCCCCCCOC(=O)/C=C/c1ccccc1.CCCCCCCCCCCCCC(=O)O. The summed E-state index contributed by atoms with van der Waals surface area (Å²) in [5.74, 6) is -0.100. The summed E-state index contributed by atoms with van der Waals surface area (Å²) < 4.78 is 5.18. The van der Waals surface area contributed by atoms with Crippen LogP contribution in [0.3, 0.4) is 0 Å². The summed E-state index contributed by atoms with van der Waals surface area (Å²) in [5, 5.41) is 8.46. The van der Waals surface area contributed by atoms with Crippen LogP contribution < -0.4 is 0 Å². The minimum atomic E-state index is -0.657. The summed E-state index contributed by atoms with van der Waals surface area (Å²) in [6, 6.07) is 9.77. The maximum atomic E-state index is 11.5. The van der Waals surface area contributed by atoms with E-state index in [1.165, 1.54) is 89.5 Å². The smallest absolute Gasteiger partial charge is 0.330 e. The van der Waals surface area contributed by atoms with Crippen molar-refractivity contribution in [2.75, 3.05) is 6.61 Å². The highest BCUT2D eigenvalue weighted by Crippen LogP contribution is 2.12. The highest BCUT2D eigenvalue weighted by Gasteiger charge is 1.99. The van der Waals surface area contributed by atoms with E-state index >= 15 is 0 Å². The number of carbonyl (C=O) groups excluding carboxylic acids is 1. The van der Waals surface area contributed by atoms with Crippen LogP contribution in [0.4, 0.5) is 0 Å². The molecule has 212 valence electrons. The van der Waals surface area contributed by atoms with Crippen LogP contribution in [0.1, 0.15) is 142 Å². The van der Waals surface area contributed by atoms with Gasteiger partial charge in [0.1, 0.15) is 0 Å². The van der Waals surface area contributed by atoms with E-state index < -0.39 is 5.97 Å². The molecule has 0 saturated carbocycles. The Hall–Kier alpha value is -2.10. The lowest BCUT2D eigenvalue weighted by Gasteiger charge is -2.04. The molecule has 1 aromatic carbocycles. The zero-order valence-corrected chi connectivity index (χ0v) is 24.2. The monoisotopic (exact) mass is 516 g/mol. The first-order valence-electron chi connectivity index (χ1n) is 15.1. The highest BCUT2D eigenvalue weighted by molar-refractivity contribution is 5.86. The molecule has 0 bridgehead atoms. The molecule has 0 fully saturated rings. The third-order valence-electron chi connectivity index (χ3n) is 6.38. The zero-order valence-electron chi connectivity index (χ0n) is 24.2. The van der Waals surface area contributed by atoms with Crippen LogP contribution in [0, 0.1) is 5.92 Å². The summed E-state index contributed by atoms with van der Waals surface area (Å²) in [6.07, 6.45) is 24.9. The van der Waals surface area contributed by atoms with Crippen LogP contribution >= 0.6 is 0 Å². The van der Waals surface area contributed by atoms with Gasteiger partial charge in [-0.1, -0.05) is 147 Å². The lowest BCUT2D eigenvalue weighted by Crippen LogP contribution is -2.02. The number of aliphatic carboxylic acids is 1. The Morgan fingerprint density at radius 1 is 0.757 bits per heavy atom. The number of carboxylic acids is 1. The van der Waals surface area contributed by atoms with Crippen molar-refractivity contribution in [2.45, 2.75) is 136 Å². The third kappa shape index (κ3) is 28.3. The van der Waals surface area contributed by atoms with Crippen molar-refractivity contribution in [3.63, 3.8) is 0 Å². The fraction of sp³-hybridized carbons (Fsp3) is 0.697. The van der Waals surface area contributed by atoms with Crippen LogP contribution in [0.5, 0.6) is 0 Å². The molecule has 4 nitrogen and oxygen atoms in total. The predicted octanol–water partition coefficient (Wildman–Crippen LogP) is 10.0. The van der Waals surface area contributed by atoms with E-state index in [1.807, 2.05) is 30.3 Å². The van der Waals surface area contributed by atoms with Gasteiger partial charge in [-0.15, -0.1) is 0 Å². The van der Waals surface area contributed by atoms with Gasteiger partial charge < -0.3 is 9.84 Å². The van der Waals surface area contributed by atoms with Gasteiger partial charge in [0.2, 0.25) is 0 Å². The molecule has 0 unspecified atom stereocenters. The number of carbonyl (C=O) groups is 2. The predicted molar refractivity (Wildman–Crippen MR) is 158 cm³/mol. The number of unbranched alkanes of at least 4 members (excludes halogenated alkanes) is 14. The quantitative estimate of drug-likeness (QED) is 0.0946. The first-order valence-corrected chi connectivity index (χ1v) is 15.1. The number of hydrogen-bond acceptors (Lipinski definition) is 3. The number of carboxylic acid groups (broad SMARTS) is 1. The van der Waals surface area contributed by atoms with Gasteiger partial charge in [0, 0.05) is 12.5 Å². The van der Waals surface area contributed by atoms with Gasteiger partial charge in [-0.3, -0.25) is 4.79 Å². The Balaban J connectivity index is 0.000000730. The lowest BCUT2D eigenvalue weighted by atomic mass is 10.0. The molecule has 0 aromatic heterocycles. The van der Waals surface area contributed by atoms with Gasteiger partial charge in [-0.25, -0.2) is 4.79 Å². The molecule has 4 heteroatoms. The summed E-state index contributed by atoms with van der Waals surface area (Å²) in [6.45, 7) is 7.31. The van der Waals surface area contributed by atoms with Crippen LogP contribution in [0.15, 0.2) is 36.4 Å². The van der Waals surface area contributed by atoms with Gasteiger partial charge in [0.15, 0.2) is 0 Å². The number of ether oxygens (including phenoxy) is 1. The number of hydrogen-bond donors (Lipinski definition) is 1. The van der Waals surface area contributed by atoms with Gasteiger partial charge in [0.25, 0.3) is 0 Å². The molecule has 0 radical (unpaired) electrons. The molecule has 0 spiro atoms. The fourth-order valence-corrected chi connectivity index (χ4v) is 4.07. The van der Waals surface area contributed by atoms with Crippen LogP contribution in [-0.4, -0.2) is 23.7 Å². The van der Waals surface area contributed by atoms with E-state index in [0.29, 0.717) is 13.0 Å². The Labute approximate surface area is 228 Å². The van der Waals surface area contributed by atoms with E-state index in [9.17, 15) is 9.59 Å². The summed E-state index contributed by atoms with van der Waals surface area (Å²) in [7, 11) is 0. The molecule has 0 aliphatic rings. The largest absolute Gasteiger partial charge is 0.481 e. The molecule has 0 aliphatic carbocycles. The highest BCUT2D eigenvalue weighted by atomic mass is 16.5. The molecule has 1 rings (SSSR count). The molecule has 0 atom stereocenters. The molecule has 37 heavy (non-hydrogen) atoms. The summed E-state index contributed by atoms with van der Waals surface area (Å²) in [5.41, 5.74) is 1.01. The average molecular weight is 517 g/mol. The van der Waals surface area contributed by atoms with Crippen molar-refractivity contribution in [2.24, 2.45) is 5.92 Å². The van der Waals surface area contributed by atoms with E-state index in [2.05, 4.69) is 20.8 Å². The minimum absolute atomic E-state index is 0.251. The molecule has 0 amide bonds. The lowest BCUT2D eigenvalue weighted by molar-refractivity contribution is -0.138. The Bertz CT molecular complexity index is 666. The molecular formula is C33H56O4. The van der Waals surface area contributed by atoms with E-state index in [1.54, 1.807) is 6.08 Å². The first-order chi connectivity index (χ1) is 18.0. The maximum Gasteiger partial charge on any atom is 0.330 e. The Morgan fingerprint density at radius 3 is 1.81 bits per heavy atom. The van der Waals surface area contributed by atoms with E-state index in [0.717, 1.165) is 37.2 Å². The molecular weight excluding hydrogens is 460 g/mol. The van der Waals surface area contributed by atoms with E-state index in [-0.39, 0.29) is 5.97 Å². The average Bonchev–Trinajstić information content (AvgIpc) is 2.88. The number of rotatable bonds is 22. The number of benzene rings is 1. The Morgan fingerprint density at radius 2 is 1.27 bits per heavy atom. The van der Waals surface area contributed by atoms with Crippen molar-refractivity contribution in [1.82, 2.24) is 0 Å².